The highest BCUT2D eigenvalue weighted by molar-refractivity contribution is 7.99. The molecule has 6 heteroatoms. The van der Waals surface area contributed by atoms with Crippen molar-refractivity contribution in [3.8, 4) is 0 Å². The van der Waals surface area contributed by atoms with Crippen LogP contribution in [0.5, 0.6) is 0 Å². The zero-order chi connectivity index (χ0) is 16.2. The molecule has 2 rings (SSSR count). The van der Waals surface area contributed by atoms with E-state index in [0.717, 1.165) is 42.4 Å². The first-order valence-corrected chi connectivity index (χ1v) is 8.72. The fourth-order valence-corrected chi connectivity index (χ4v) is 3.49. The summed E-state index contributed by atoms with van der Waals surface area (Å²) in [5, 5.41) is 0.983. The molecule has 1 aromatic heterocycles. The predicted molar refractivity (Wildman–Crippen MR) is 88.0 cm³/mol. The summed E-state index contributed by atoms with van der Waals surface area (Å²) in [7, 11) is 0. The number of aromatic nitrogens is 2. The largest absolute Gasteiger partial charge is 0.444 e. The lowest BCUT2D eigenvalue weighted by Gasteiger charge is -2.34. The molecule has 2 heterocycles. The van der Waals surface area contributed by atoms with Crippen molar-refractivity contribution in [1.82, 2.24) is 14.9 Å². The van der Waals surface area contributed by atoms with Gasteiger partial charge in [-0.2, -0.15) is 0 Å². The summed E-state index contributed by atoms with van der Waals surface area (Å²) >= 11 is 1.73. The summed E-state index contributed by atoms with van der Waals surface area (Å²) in [6.07, 6.45) is 5.42. The van der Waals surface area contributed by atoms with Crippen LogP contribution < -0.4 is 0 Å². The second kappa shape index (κ2) is 7.31. The van der Waals surface area contributed by atoms with Gasteiger partial charge in [-0.1, -0.05) is 0 Å². The number of carbonyl (C=O) groups excluding carboxylic acids is 1. The molecule has 0 aromatic carbocycles. The lowest BCUT2D eigenvalue weighted by Crippen LogP contribution is -2.43. The Morgan fingerprint density at radius 2 is 2.14 bits per heavy atom. The topological polar surface area (TPSA) is 55.3 Å². The van der Waals surface area contributed by atoms with Crippen molar-refractivity contribution in [2.75, 3.05) is 18.8 Å². The maximum Gasteiger partial charge on any atom is 0.410 e. The van der Waals surface area contributed by atoms with Crippen LogP contribution in [0.25, 0.3) is 0 Å². The quantitative estimate of drug-likeness (QED) is 0.797. The normalized spacial score (nSPS) is 19.1. The van der Waals surface area contributed by atoms with Crippen LogP contribution in [0, 0.1) is 12.8 Å². The number of piperidine rings is 1. The summed E-state index contributed by atoms with van der Waals surface area (Å²) in [5.74, 6) is 1.44. The van der Waals surface area contributed by atoms with Gasteiger partial charge in [-0.15, -0.1) is 11.8 Å². The number of amides is 1. The first kappa shape index (κ1) is 17.1. The molecule has 5 nitrogen and oxygen atoms in total. The van der Waals surface area contributed by atoms with E-state index in [1.54, 1.807) is 24.2 Å². The van der Waals surface area contributed by atoms with E-state index < -0.39 is 5.60 Å². The standard InChI is InChI=1S/C16H25N3O2S/c1-12-14(18-8-7-17-12)22-11-13-6-5-9-19(10-13)15(20)21-16(2,3)4/h7-8,13H,5-6,9-11H2,1-4H3. The molecule has 1 aliphatic rings. The molecule has 1 atom stereocenters. The lowest BCUT2D eigenvalue weighted by molar-refractivity contribution is 0.0177. The van der Waals surface area contributed by atoms with E-state index in [-0.39, 0.29) is 6.09 Å². The molecule has 1 amide bonds. The minimum absolute atomic E-state index is 0.196. The van der Waals surface area contributed by atoms with Gasteiger partial charge in [0.1, 0.15) is 10.6 Å². The smallest absolute Gasteiger partial charge is 0.410 e. The minimum atomic E-state index is -0.435. The molecule has 0 saturated carbocycles. The SMILES string of the molecule is Cc1nccnc1SCC1CCCN(C(=O)OC(C)(C)C)C1. The molecule has 122 valence electrons. The van der Waals surface area contributed by atoms with Crippen molar-refractivity contribution in [2.24, 2.45) is 5.92 Å². The van der Waals surface area contributed by atoms with E-state index in [1.165, 1.54) is 0 Å². The fraction of sp³-hybridized carbons (Fsp3) is 0.688. The number of hydrogen-bond acceptors (Lipinski definition) is 5. The minimum Gasteiger partial charge on any atom is -0.444 e. The van der Waals surface area contributed by atoms with Gasteiger partial charge in [0, 0.05) is 31.2 Å². The monoisotopic (exact) mass is 323 g/mol. The van der Waals surface area contributed by atoms with E-state index in [1.807, 2.05) is 32.6 Å². The Morgan fingerprint density at radius 3 is 2.82 bits per heavy atom. The number of rotatable bonds is 3. The van der Waals surface area contributed by atoms with Crippen molar-refractivity contribution in [1.29, 1.82) is 0 Å². The Kier molecular flexibility index (Phi) is 5.67. The number of likely N-dealkylation sites (tertiary alicyclic amines) is 1. The second-order valence-electron chi connectivity index (χ2n) is 6.69. The van der Waals surface area contributed by atoms with Gasteiger partial charge in [0.25, 0.3) is 0 Å². The van der Waals surface area contributed by atoms with Crippen molar-refractivity contribution in [3.63, 3.8) is 0 Å². The van der Waals surface area contributed by atoms with Gasteiger partial charge in [-0.3, -0.25) is 4.98 Å². The first-order chi connectivity index (χ1) is 10.3. The van der Waals surface area contributed by atoms with Crippen LogP contribution in [-0.2, 0) is 4.74 Å². The molecule has 0 aliphatic carbocycles. The van der Waals surface area contributed by atoms with Gasteiger partial charge in [0.2, 0.25) is 0 Å². The third-order valence-corrected chi connectivity index (χ3v) is 4.77. The van der Waals surface area contributed by atoms with Gasteiger partial charge in [-0.25, -0.2) is 9.78 Å². The van der Waals surface area contributed by atoms with Gasteiger partial charge >= 0.3 is 6.09 Å². The van der Waals surface area contributed by atoms with Crippen molar-refractivity contribution in [3.05, 3.63) is 18.1 Å². The molecule has 1 fully saturated rings. The fourth-order valence-electron chi connectivity index (χ4n) is 2.43. The Balaban J connectivity index is 1.86. The number of carbonyl (C=O) groups is 1. The predicted octanol–water partition coefficient (Wildman–Crippen LogP) is 3.52. The highest BCUT2D eigenvalue weighted by Gasteiger charge is 2.27. The third kappa shape index (κ3) is 5.16. The average molecular weight is 323 g/mol. The van der Waals surface area contributed by atoms with Crippen LogP contribution in [0.4, 0.5) is 4.79 Å². The van der Waals surface area contributed by atoms with E-state index in [0.29, 0.717) is 5.92 Å². The number of thioether (sulfide) groups is 1. The average Bonchev–Trinajstić information content (AvgIpc) is 2.45. The maximum absolute atomic E-state index is 12.2. The Bertz CT molecular complexity index is 516. The van der Waals surface area contributed by atoms with Gasteiger partial charge in [0.15, 0.2) is 0 Å². The number of hydrogen-bond donors (Lipinski definition) is 0. The molecule has 0 bridgehead atoms. The van der Waals surface area contributed by atoms with Crippen LogP contribution in [0.15, 0.2) is 17.4 Å². The van der Waals surface area contributed by atoms with Crippen LogP contribution >= 0.6 is 11.8 Å². The van der Waals surface area contributed by atoms with Crippen LogP contribution in [0.2, 0.25) is 0 Å². The molecule has 22 heavy (non-hydrogen) atoms. The Morgan fingerprint density at radius 1 is 1.41 bits per heavy atom. The van der Waals surface area contributed by atoms with E-state index in [9.17, 15) is 4.79 Å². The van der Waals surface area contributed by atoms with E-state index in [2.05, 4.69) is 9.97 Å². The van der Waals surface area contributed by atoms with Gasteiger partial charge in [0.05, 0.1) is 5.69 Å². The van der Waals surface area contributed by atoms with Crippen molar-refractivity contribution >= 4 is 17.9 Å². The summed E-state index contributed by atoms with van der Waals surface area (Å²) in [6, 6.07) is 0. The number of aryl methyl sites for hydroxylation is 1. The van der Waals surface area contributed by atoms with Crippen molar-refractivity contribution < 1.29 is 9.53 Å². The molecule has 1 saturated heterocycles. The molecule has 1 aromatic rings. The van der Waals surface area contributed by atoms with Gasteiger partial charge in [-0.05, 0) is 46.5 Å². The molecular weight excluding hydrogens is 298 g/mol. The third-order valence-electron chi connectivity index (χ3n) is 3.46. The lowest BCUT2D eigenvalue weighted by atomic mass is 10.0. The number of nitrogens with zero attached hydrogens (tertiary/aromatic N) is 3. The van der Waals surface area contributed by atoms with E-state index in [4.69, 9.17) is 4.74 Å². The zero-order valence-electron chi connectivity index (χ0n) is 13.8. The Labute approximate surface area is 136 Å². The second-order valence-corrected chi connectivity index (χ2v) is 7.70. The molecular formula is C16H25N3O2S. The number of ether oxygens (including phenoxy) is 1. The van der Waals surface area contributed by atoms with Gasteiger partial charge < -0.3 is 9.64 Å². The van der Waals surface area contributed by atoms with E-state index >= 15 is 0 Å². The summed E-state index contributed by atoms with van der Waals surface area (Å²) < 4.78 is 5.47. The van der Waals surface area contributed by atoms with Crippen LogP contribution in [0.3, 0.4) is 0 Å². The summed E-state index contributed by atoms with van der Waals surface area (Å²) in [4.78, 5) is 22.6. The zero-order valence-corrected chi connectivity index (χ0v) is 14.7. The maximum atomic E-state index is 12.2. The summed E-state index contributed by atoms with van der Waals surface area (Å²) in [6.45, 7) is 9.24. The van der Waals surface area contributed by atoms with Crippen LogP contribution in [0.1, 0.15) is 39.3 Å². The van der Waals surface area contributed by atoms with Crippen molar-refractivity contribution in [2.45, 2.75) is 51.2 Å². The summed E-state index contributed by atoms with van der Waals surface area (Å²) in [5.41, 5.74) is 0.530. The molecule has 1 aliphatic heterocycles. The van der Waals surface area contributed by atoms with Crippen LogP contribution in [-0.4, -0.2) is 45.4 Å². The molecule has 0 N–H and O–H groups in total. The molecule has 0 radical (unpaired) electrons. The first-order valence-electron chi connectivity index (χ1n) is 7.73. The highest BCUT2D eigenvalue weighted by atomic mass is 32.2. The Hall–Kier alpha value is -1.30. The highest BCUT2D eigenvalue weighted by Crippen LogP contribution is 2.26. The molecule has 0 spiro atoms. The molecule has 1 unspecified atom stereocenters.